The van der Waals surface area contributed by atoms with Crippen LogP contribution in [-0.2, 0) is 57.2 Å². The molecule has 0 aromatic rings. The van der Waals surface area contributed by atoms with Crippen molar-refractivity contribution in [3.05, 3.63) is 0 Å². The lowest BCUT2D eigenvalue weighted by molar-refractivity contribution is -0.209. The third-order valence-corrected chi connectivity index (χ3v) is 22.4. The Balaban J connectivity index is 7.40. The van der Waals surface area contributed by atoms with Gasteiger partial charge in [0, 0.05) is 38.5 Å². The zero-order chi connectivity index (χ0) is 78.6. The van der Waals surface area contributed by atoms with Crippen molar-refractivity contribution in [3.8, 4) is 0 Å². The topological polar surface area (TPSA) is 158 Å². The maximum atomic E-state index is 14.7. The predicted octanol–water partition coefficient (Wildman–Crippen LogP) is 30.3. The van der Waals surface area contributed by atoms with Gasteiger partial charge in [-0.2, -0.15) is 0 Å². The van der Waals surface area contributed by atoms with E-state index >= 15 is 0 Å². The van der Waals surface area contributed by atoms with Gasteiger partial charge in [-0.05, 0) is 38.5 Å². The van der Waals surface area contributed by atoms with Gasteiger partial charge in [-0.1, -0.05) is 465 Å². The molecule has 0 heterocycles. The minimum Gasteiger partial charge on any atom is -0.462 e. The molecular formula is C96H182O12. The number of carbonyl (C=O) groups excluding carboxylic acids is 6. The number of rotatable bonds is 89. The highest BCUT2D eigenvalue weighted by atomic mass is 16.6. The Morgan fingerprint density at radius 3 is 0.426 bits per heavy atom. The fourth-order valence-electron chi connectivity index (χ4n) is 15.1. The SMILES string of the molecule is CCCCCCCCCCCCCCC(=O)OC[C@H](OC(=O)CCCCCCCCCCCCCC)[C@@H](OC(=O)CCCCCCCCCCCCCC)[C@H](OC(=O)CCCCCCCCCCCCCC)[C@@H](COC(=O)CCCCCCCCCCCCCC)OC(=O)CCCCCCCCCCCCCC. The van der Waals surface area contributed by atoms with Crippen molar-refractivity contribution in [3.63, 3.8) is 0 Å². The lowest BCUT2D eigenvalue weighted by Gasteiger charge is -2.36. The van der Waals surface area contributed by atoms with E-state index in [0.29, 0.717) is 38.5 Å². The fourth-order valence-corrected chi connectivity index (χ4v) is 15.1. The van der Waals surface area contributed by atoms with Gasteiger partial charge in [-0.3, -0.25) is 28.8 Å². The Hall–Kier alpha value is -3.18. The van der Waals surface area contributed by atoms with Crippen molar-refractivity contribution >= 4 is 35.8 Å². The molecule has 0 aliphatic heterocycles. The Kier molecular flexibility index (Phi) is 83.7. The van der Waals surface area contributed by atoms with Crippen LogP contribution in [0.25, 0.3) is 0 Å². The first kappa shape index (κ1) is 105. The summed E-state index contributed by atoms with van der Waals surface area (Å²) in [5, 5.41) is 0. The van der Waals surface area contributed by atoms with E-state index in [4.69, 9.17) is 28.4 Å². The normalized spacial score (nSPS) is 12.6. The Morgan fingerprint density at radius 2 is 0.278 bits per heavy atom. The molecule has 0 N–H and O–H groups in total. The quantitative estimate of drug-likeness (QED) is 0.0323. The average Bonchev–Trinajstić information content (AvgIpc) is 0.823. The molecule has 0 aliphatic carbocycles. The summed E-state index contributed by atoms with van der Waals surface area (Å²) in [6.45, 7) is 12.5. The van der Waals surface area contributed by atoms with E-state index in [1.807, 2.05) is 0 Å². The second-order valence-corrected chi connectivity index (χ2v) is 33.2. The number of esters is 6. The van der Waals surface area contributed by atoms with Crippen LogP contribution < -0.4 is 0 Å². The van der Waals surface area contributed by atoms with Gasteiger partial charge < -0.3 is 28.4 Å². The van der Waals surface area contributed by atoms with Gasteiger partial charge in [0.2, 0.25) is 0 Å². The van der Waals surface area contributed by atoms with E-state index in [0.717, 1.165) is 141 Å². The second kappa shape index (κ2) is 86.2. The van der Waals surface area contributed by atoms with Gasteiger partial charge >= 0.3 is 35.8 Å². The molecule has 0 aliphatic rings. The zero-order valence-corrected chi connectivity index (χ0v) is 72.8. The lowest BCUT2D eigenvalue weighted by Crippen LogP contribution is -2.54. The minimum absolute atomic E-state index is 0.0448. The van der Waals surface area contributed by atoms with Crippen molar-refractivity contribution in [2.24, 2.45) is 0 Å². The first-order chi connectivity index (χ1) is 53.1. The summed E-state index contributed by atoms with van der Waals surface area (Å²) in [5.74, 6) is -3.23. The highest BCUT2D eigenvalue weighted by Crippen LogP contribution is 2.27. The summed E-state index contributed by atoms with van der Waals surface area (Å²) >= 11 is 0. The molecule has 4 atom stereocenters. The molecule has 0 saturated heterocycles. The zero-order valence-electron chi connectivity index (χ0n) is 72.8. The van der Waals surface area contributed by atoms with Gasteiger partial charge in [0.15, 0.2) is 24.4 Å². The fraction of sp³-hybridized carbons (Fsp3) is 0.938. The highest BCUT2D eigenvalue weighted by molar-refractivity contribution is 5.73. The first-order valence-electron chi connectivity index (χ1n) is 48.2. The summed E-state index contributed by atoms with van der Waals surface area (Å²) in [7, 11) is 0. The van der Waals surface area contributed by atoms with E-state index in [1.165, 1.54) is 283 Å². The van der Waals surface area contributed by atoms with Gasteiger partial charge in [0.1, 0.15) is 13.2 Å². The molecule has 108 heavy (non-hydrogen) atoms. The van der Waals surface area contributed by atoms with Crippen molar-refractivity contribution in [1.82, 2.24) is 0 Å². The molecule has 0 unspecified atom stereocenters. The van der Waals surface area contributed by atoms with Gasteiger partial charge in [-0.25, -0.2) is 0 Å². The third-order valence-electron chi connectivity index (χ3n) is 22.4. The summed E-state index contributed by atoms with van der Waals surface area (Å²) in [5.41, 5.74) is 0. The molecule has 0 rings (SSSR count). The van der Waals surface area contributed by atoms with E-state index in [2.05, 4.69) is 41.5 Å². The number of ether oxygens (including phenoxy) is 6. The van der Waals surface area contributed by atoms with Crippen molar-refractivity contribution in [2.45, 2.75) is 567 Å². The molecule has 0 amide bonds. The van der Waals surface area contributed by atoms with Gasteiger partial charge in [0.05, 0.1) is 0 Å². The Bertz CT molecular complexity index is 1790. The summed E-state index contributed by atoms with van der Waals surface area (Å²) < 4.78 is 38.4. The molecule has 0 saturated carbocycles. The Morgan fingerprint density at radius 1 is 0.157 bits per heavy atom. The summed E-state index contributed by atoms with van der Waals surface area (Å²) in [6.07, 6.45) is 76.2. The lowest BCUT2D eigenvalue weighted by atomic mass is 10.0. The number of hydrogen-bond donors (Lipinski definition) is 0. The summed E-state index contributed by atoms with van der Waals surface area (Å²) in [6, 6.07) is 0. The van der Waals surface area contributed by atoms with Crippen LogP contribution in [0.15, 0.2) is 0 Å². The van der Waals surface area contributed by atoms with E-state index < -0.39 is 73.4 Å². The number of unbranched alkanes of at least 4 members (excludes halogenated alkanes) is 66. The van der Waals surface area contributed by atoms with Crippen molar-refractivity contribution in [1.29, 1.82) is 0 Å². The van der Waals surface area contributed by atoms with Crippen LogP contribution in [0.2, 0.25) is 0 Å². The van der Waals surface area contributed by atoms with E-state index in [-0.39, 0.29) is 38.5 Å². The second-order valence-electron chi connectivity index (χ2n) is 33.2. The Labute approximate surface area is 669 Å². The highest BCUT2D eigenvalue weighted by Gasteiger charge is 2.46. The number of carbonyl (C=O) groups is 6. The molecule has 638 valence electrons. The van der Waals surface area contributed by atoms with Crippen LogP contribution in [0.5, 0.6) is 0 Å². The van der Waals surface area contributed by atoms with E-state index in [1.54, 1.807) is 0 Å². The molecule has 12 heteroatoms. The predicted molar refractivity (Wildman–Crippen MR) is 456 cm³/mol. The molecule has 0 aromatic heterocycles. The smallest absolute Gasteiger partial charge is 0.306 e. The average molecular weight is 1530 g/mol. The van der Waals surface area contributed by atoms with Crippen molar-refractivity contribution < 1.29 is 57.2 Å². The third kappa shape index (κ3) is 75.5. The standard InChI is InChI=1S/C96H182O12/c1-7-13-19-25-31-37-43-49-55-61-67-73-79-89(97)103-85-87(105-91(99)81-75-69-63-57-51-45-39-33-27-21-15-9-3)95(107-93(101)83-77-71-65-59-53-47-41-35-29-23-17-11-5)96(108-94(102)84-78-72-66-60-54-48-42-36-30-24-18-12-6)88(106-92(100)82-76-70-64-58-52-46-40-34-28-22-16-10-4)86-104-90(98)80-74-68-62-56-50-44-38-32-26-20-14-8-2/h87-88,95-96H,7-86H2,1-6H3/t87-,88+,95-,96-/m1/s1. The maximum absolute atomic E-state index is 14.7. The summed E-state index contributed by atoms with van der Waals surface area (Å²) in [4.78, 5) is 86.4. The molecular weight excluding hydrogens is 1350 g/mol. The molecule has 0 aromatic carbocycles. The number of hydrogen-bond acceptors (Lipinski definition) is 12. The van der Waals surface area contributed by atoms with Crippen LogP contribution in [0, 0.1) is 0 Å². The largest absolute Gasteiger partial charge is 0.462 e. The minimum atomic E-state index is -1.59. The van der Waals surface area contributed by atoms with E-state index in [9.17, 15) is 28.8 Å². The van der Waals surface area contributed by atoms with Crippen molar-refractivity contribution in [2.75, 3.05) is 13.2 Å². The van der Waals surface area contributed by atoms with Crippen LogP contribution in [0.1, 0.15) is 542 Å². The van der Waals surface area contributed by atoms with Crippen LogP contribution >= 0.6 is 0 Å². The molecule has 0 bridgehead atoms. The first-order valence-corrected chi connectivity index (χ1v) is 48.2. The molecule has 0 fully saturated rings. The van der Waals surface area contributed by atoms with Crippen LogP contribution in [0.4, 0.5) is 0 Å². The van der Waals surface area contributed by atoms with Gasteiger partial charge in [0.25, 0.3) is 0 Å². The van der Waals surface area contributed by atoms with Crippen LogP contribution in [-0.4, -0.2) is 73.4 Å². The van der Waals surface area contributed by atoms with Crippen LogP contribution in [0.3, 0.4) is 0 Å². The molecule has 0 spiro atoms. The molecule has 0 radical (unpaired) electrons. The maximum Gasteiger partial charge on any atom is 0.306 e. The molecule has 12 nitrogen and oxygen atoms in total. The van der Waals surface area contributed by atoms with Gasteiger partial charge in [-0.15, -0.1) is 0 Å². The monoisotopic (exact) mass is 1530 g/mol.